The minimum atomic E-state index is -0.219. The largest absolute Gasteiger partial charge is 0.369 e. The van der Waals surface area contributed by atoms with Crippen LogP contribution in [0.4, 0.5) is 0 Å². The maximum Gasteiger partial charge on any atom is 0.231 e. The van der Waals surface area contributed by atoms with Crippen molar-refractivity contribution in [1.29, 1.82) is 0 Å². The van der Waals surface area contributed by atoms with Crippen LogP contribution >= 0.6 is 0 Å². The van der Waals surface area contributed by atoms with Gasteiger partial charge in [-0.3, -0.25) is 14.6 Å². The van der Waals surface area contributed by atoms with Crippen molar-refractivity contribution in [3.8, 4) is 0 Å². The fourth-order valence-corrected chi connectivity index (χ4v) is 2.04. The van der Waals surface area contributed by atoms with Crippen LogP contribution in [0, 0.1) is 0 Å². The molecule has 0 aromatic heterocycles. The van der Waals surface area contributed by atoms with E-state index in [0.29, 0.717) is 6.54 Å². The molecule has 0 aliphatic carbocycles. The van der Waals surface area contributed by atoms with Gasteiger partial charge >= 0.3 is 0 Å². The van der Waals surface area contributed by atoms with E-state index in [2.05, 4.69) is 15.1 Å². The van der Waals surface area contributed by atoms with Gasteiger partial charge in [0.25, 0.3) is 0 Å². The van der Waals surface area contributed by atoms with Crippen LogP contribution in [0.15, 0.2) is 0 Å². The van der Waals surface area contributed by atoms with Gasteiger partial charge in [0.2, 0.25) is 5.91 Å². The number of piperazine rings is 1. The summed E-state index contributed by atoms with van der Waals surface area (Å²) in [5.41, 5.74) is 5.15. The van der Waals surface area contributed by atoms with E-state index in [4.69, 9.17) is 5.73 Å². The molecule has 2 aliphatic rings. The van der Waals surface area contributed by atoms with Crippen molar-refractivity contribution in [2.45, 2.75) is 6.04 Å². The monoisotopic (exact) mass is 198 g/mol. The lowest BCUT2D eigenvalue weighted by atomic mass is 10.1. The molecule has 14 heavy (non-hydrogen) atoms. The Morgan fingerprint density at radius 2 is 1.93 bits per heavy atom. The van der Waals surface area contributed by atoms with Gasteiger partial charge in [-0.15, -0.1) is 0 Å². The Labute approximate surface area is 84.2 Å². The van der Waals surface area contributed by atoms with Gasteiger partial charge in [-0.05, 0) is 0 Å². The Balaban J connectivity index is 1.71. The predicted octanol–water partition coefficient (Wildman–Crippen LogP) is -1.94. The van der Waals surface area contributed by atoms with Gasteiger partial charge in [0.1, 0.15) is 0 Å². The Hall–Kier alpha value is -0.650. The second-order valence-electron chi connectivity index (χ2n) is 4.09. The van der Waals surface area contributed by atoms with Crippen LogP contribution in [0.3, 0.4) is 0 Å². The van der Waals surface area contributed by atoms with Crippen molar-refractivity contribution < 1.29 is 4.79 Å². The quantitative estimate of drug-likeness (QED) is 0.554. The van der Waals surface area contributed by atoms with Crippen LogP contribution in [0.25, 0.3) is 0 Å². The normalized spacial score (nSPS) is 26.0. The molecule has 0 spiro atoms. The van der Waals surface area contributed by atoms with Crippen molar-refractivity contribution in [2.75, 3.05) is 45.8 Å². The molecule has 2 fully saturated rings. The summed E-state index contributed by atoms with van der Waals surface area (Å²) >= 11 is 0. The van der Waals surface area contributed by atoms with Gasteiger partial charge in [-0.2, -0.15) is 0 Å². The van der Waals surface area contributed by atoms with E-state index in [1.54, 1.807) is 0 Å². The zero-order chi connectivity index (χ0) is 9.97. The smallest absolute Gasteiger partial charge is 0.231 e. The molecule has 2 saturated heterocycles. The first-order valence-corrected chi connectivity index (χ1v) is 5.21. The van der Waals surface area contributed by atoms with Crippen LogP contribution in [0.2, 0.25) is 0 Å². The standard InChI is InChI=1S/C9H18N4O/c10-9(14)7-12-1-3-13(4-2-12)8-5-11-6-8/h8,11H,1-7H2,(H2,10,14). The van der Waals surface area contributed by atoms with Crippen LogP contribution in [-0.4, -0.2) is 67.6 Å². The van der Waals surface area contributed by atoms with Crippen molar-refractivity contribution in [1.82, 2.24) is 15.1 Å². The predicted molar refractivity (Wildman–Crippen MR) is 53.9 cm³/mol. The van der Waals surface area contributed by atoms with E-state index in [1.165, 1.54) is 0 Å². The van der Waals surface area contributed by atoms with E-state index >= 15 is 0 Å². The molecule has 5 heteroatoms. The summed E-state index contributed by atoms with van der Waals surface area (Å²) in [5.74, 6) is -0.219. The van der Waals surface area contributed by atoms with E-state index in [-0.39, 0.29) is 5.91 Å². The van der Waals surface area contributed by atoms with Crippen LogP contribution in [-0.2, 0) is 4.79 Å². The van der Waals surface area contributed by atoms with Crippen molar-refractivity contribution in [2.24, 2.45) is 5.73 Å². The third-order valence-corrected chi connectivity index (χ3v) is 3.06. The number of nitrogens with two attached hydrogens (primary N) is 1. The Bertz CT molecular complexity index is 209. The maximum absolute atomic E-state index is 10.7. The van der Waals surface area contributed by atoms with E-state index in [1.807, 2.05) is 0 Å². The second kappa shape index (κ2) is 4.25. The number of carbonyl (C=O) groups excluding carboxylic acids is 1. The fourth-order valence-electron chi connectivity index (χ4n) is 2.04. The number of nitrogens with zero attached hydrogens (tertiary/aromatic N) is 2. The highest BCUT2D eigenvalue weighted by atomic mass is 16.1. The minimum absolute atomic E-state index is 0.219. The number of nitrogens with one attached hydrogen (secondary N) is 1. The van der Waals surface area contributed by atoms with Gasteiger partial charge < -0.3 is 11.1 Å². The topological polar surface area (TPSA) is 61.6 Å². The van der Waals surface area contributed by atoms with Gasteiger partial charge in [-0.1, -0.05) is 0 Å². The van der Waals surface area contributed by atoms with Crippen LogP contribution < -0.4 is 11.1 Å². The summed E-state index contributed by atoms with van der Waals surface area (Å²) in [7, 11) is 0. The number of hydrogen-bond donors (Lipinski definition) is 2. The summed E-state index contributed by atoms with van der Waals surface area (Å²) in [5, 5.41) is 3.27. The average molecular weight is 198 g/mol. The summed E-state index contributed by atoms with van der Waals surface area (Å²) in [4.78, 5) is 15.3. The lowest BCUT2D eigenvalue weighted by Crippen LogP contribution is -2.61. The molecule has 0 unspecified atom stereocenters. The van der Waals surface area contributed by atoms with E-state index in [9.17, 15) is 4.79 Å². The highest BCUT2D eigenvalue weighted by molar-refractivity contribution is 5.75. The maximum atomic E-state index is 10.7. The molecule has 0 aromatic carbocycles. The molecule has 2 heterocycles. The molecule has 3 N–H and O–H groups in total. The van der Waals surface area contributed by atoms with E-state index in [0.717, 1.165) is 45.3 Å². The lowest BCUT2D eigenvalue weighted by molar-refractivity contribution is -0.119. The Morgan fingerprint density at radius 3 is 2.36 bits per heavy atom. The van der Waals surface area contributed by atoms with Crippen molar-refractivity contribution in [3.63, 3.8) is 0 Å². The van der Waals surface area contributed by atoms with Crippen LogP contribution in [0.5, 0.6) is 0 Å². The SMILES string of the molecule is NC(=O)CN1CCN(C2CNC2)CC1. The zero-order valence-corrected chi connectivity index (χ0v) is 8.41. The lowest BCUT2D eigenvalue weighted by Gasteiger charge is -2.43. The zero-order valence-electron chi connectivity index (χ0n) is 8.41. The van der Waals surface area contributed by atoms with Gasteiger partial charge in [-0.25, -0.2) is 0 Å². The van der Waals surface area contributed by atoms with Gasteiger partial charge in [0.05, 0.1) is 6.54 Å². The summed E-state index contributed by atoms with van der Waals surface area (Å²) in [6.45, 7) is 6.74. The first-order chi connectivity index (χ1) is 6.75. The first-order valence-electron chi connectivity index (χ1n) is 5.21. The summed E-state index contributed by atoms with van der Waals surface area (Å²) < 4.78 is 0. The number of carbonyl (C=O) groups is 1. The molecule has 5 nitrogen and oxygen atoms in total. The number of amides is 1. The van der Waals surface area contributed by atoms with Gasteiger partial charge in [0, 0.05) is 45.3 Å². The van der Waals surface area contributed by atoms with E-state index < -0.39 is 0 Å². The molecule has 80 valence electrons. The molecular formula is C9H18N4O. The Morgan fingerprint density at radius 1 is 1.29 bits per heavy atom. The molecule has 1 amide bonds. The molecule has 0 saturated carbocycles. The fraction of sp³-hybridized carbons (Fsp3) is 0.889. The minimum Gasteiger partial charge on any atom is -0.369 e. The molecule has 2 rings (SSSR count). The number of primary amides is 1. The molecule has 2 aliphatic heterocycles. The third-order valence-electron chi connectivity index (χ3n) is 3.06. The molecule has 0 aromatic rings. The third kappa shape index (κ3) is 2.23. The van der Waals surface area contributed by atoms with Gasteiger partial charge in [0.15, 0.2) is 0 Å². The van der Waals surface area contributed by atoms with Crippen molar-refractivity contribution >= 4 is 5.91 Å². The highest BCUT2D eigenvalue weighted by Crippen LogP contribution is 2.08. The summed E-state index contributed by atoms with van der Waals surface area (Å²) in [6, 6.07) is 0.728. The molecule has 0 atom stereocenters. The molecule has 0 bridgehead atoms. The highest BCUT2D eigenvalue weighted by Gasteiger charge is 2.27. The first kappa shape index (κ1) is 9.89. The van der Waals surface area contributed by atoms with Crippen molar-refractivity contribution in [3.05, 3.63) is 0 Å². The summed E-state index contributed by atoms with van der Waals surface area (Å²) in [6.07, 6.45) is 0. The number of rotatable bonds is 3. The molecular weight excluding hydrogens is 180 g/mol. The average Bonchev–Trinajstić information content (AvgIpc) is 2.04. The Kier molecular flexibility index (Phi) is 3.00. The van der Waals surface area contributed by atoms with Crippen LogP contribution in [0.1, 0.15) is 0 Å². The number of hydrogen-bond acceptors (Lipinski definition) is 4. The molecule has 0 radical (unpaired) electrons. The second-order valence-corrected chi connectivity index (χ2v) is 4.09.